The van der Waals surface area contributed by atoms with Crippen molar-refractivity contribution in [2.45, 2.75) is 31.3 Å². The molecule has 2 rings (SSSR count). The second kappa shape index (κ2) is 9.61. The molecule has 28 heavy (non-hydrogen) atoms. The van der Waals surface area contributed by atoms with E-state index in [1.807, 2.05) is 6.92 Å². The number of carbonyl (C=O) groups excluding carboxylic acids is 1. The molecule has 0 saturated heterocycles. The Kier molecular flexibility index (Phi) is 7.47. The van der Waals surface area contributed by atoms with E-state index in [0.717, 1.165) is 6.07 Å². The molecule has 2 aromatic rings. The van der Waals surface area contributed by atoms with Gasteiger partial charge in [0, 0.05) is 18.2 Å². The number of hydrogen-bond acceptors (Lipinski definition) is 5. The van der Waals surface area contributed by atoms with Gasteiger partial charge in [0.05, 0.1) is 17.9 Å². The summed E-state index contributed by atoms with van der Waals surface area (Å²) in [7, 11) is -3.79. The van der Waals surface area contributed by atoms with Crippen LogP contribution in [0.25, 0.3) is 0 Å². The average molecular weight is 413 g/mol. The minimum Gasteiger partial charge on any atom is -0.494 e. The first-order chi connectivity index (χ1) is 13.2. The van der Waals surface area contributed by atoms with Crippen molar-refractivity contribution in [3.05, 3.63) is 59.7 Å². The Labute approximate surface area is 162 Å². The molecule has 1 N–H and O–H groups in total. The van der Waals surface area contributed by atoms with Gasteiger partial charge in [-0.25, -0.2) is 21.9 Å². The summed E-state index contributed by atoms with van der Waals surface area (Å²) in [6, 6.07) is 8.81. The van der Waals surface area contributed by atoms with Crippen LogP contribution in [-0.4, -0.2) is 27.5 Å². The van der Waals surface area contributed by atoms with Gasteiger partial charge in [-0.3, -0.25) is 4.79 Å². The smallest absolute Gasteiger partial charge is 0.307 e. The summed E-state index contributed by atoms with van der Waals surface area (Å²) < 4.78 is 63.7. The summed E-state index contributed by atoms with van der Waals surface area (Å²) in [5.74, 6) is -1.72. The molecule has 0 aliphatic rings. The first-order valence-electron chi connectivity index (χ1n) is 8.60. The van der Waals surface area contributed by atoms with Gasteiger partial charge in [0.2, 0.25) is 10.0 Å². The Morgan fingerprint density at radius 3 is 2.43 bits per heavy atom. The van der Waals surface area contributed by atoms with E-state index >= 15 is 0 Å². The number of sulfonamides is 1. The molecule has 0 aliphatic carbocycles. The van der Waals surface area contributed by atoms with Crippen molar-refractivity contribution in [3.8, 4) is 5.75 Å². The fourth-order valence-electron chi connectivity index (χ4n) is 2.40. The fraction of sp³-hybridized carbons (Fsp3) is 0.316. The molecule has 1 unspecified atom stereocenters. The largest absolute Gasteiger partial charge is 0.494 e. The molecule has 0 spiro atoms. The van der Waals surface area contributed by atoms with Crippen molar-refractivity contribution in [1.29, 1.82) is 0 Å². The second-order valence-electron chi connectivity index (χ2n) is 5.85. The van der Waals surface area contributed by atoms with Crippen molar-refractivity contribution in [1.82, 2.24) is 4.72 Å². The zero-order chi connectivity index (χ0) is 20.7. The van der Waals surface area contributed by atoms with Gasteiger partial charge in [0.25, 0.3) is 0 Å². The predicted molar refractivity (Wildman–Crippen MR) is 98.3 cm³/mol. The summed E-state index contributed by atoms with van der Waals surface area (Å²) in [6.45, 7) is 3.54. The Balaban J connectivity index is 1.86. The predicted octanol–water partition coefficient (Wildman–Crippen LogP) is 3.34. The number of hydrogen-bond donors (Lipinski definition) is 1. The SMILES string of the molecule is CCOc1ccc(S(=O)(=O)NCCC(=O)OC(C)c2ccc(F)cc2F)cc1. The maximum atomic E-state index is 13.7. The molecular weight excluding hydrogens is 392 g/mol. The van der Waals surface area contributed by atoms with Crippen molar-refractivity contribution in [2.24, 2.45) is 0 Å². The Morgan fingerprint density at radius 1 is 1.14 bits per heavy atom. The van der Waals surface area contributed by atoms with Crippen LogP contribution < -0.4 is 9.46 Å². The minimum absolute atomic E-state index is 0.0321. The summed E-state index contributed by atoms with van der Waals surface area (Å²) in [6.07, 6.45) is -1.18. The van der Waals surface area contributed by atoms with Gasteiger partial charge in [-0.05, 0) is 50.2 Å². The van der Waals surface area contributed by atoms with Crippen LogP contribution in [0.5, 0.6) is 5.75 Å². The van der Waals surface area contributed by atoms with Crippen LogP contribution >= 0.6 is 0 Å². The van der Waals surface area contributed by atoms with Crippen molar-refractivity contribution in [2.75, 3.05) is 13.2 Å². The Hall–Kier alpha value is -2.52. The first kappa shape index (κ1) is 21.8. The Morgan fingerprint density at radius 2 is 1.82 bits per heavy atom. The number of halogens is 2. The van der Waals surface area contributed by atoms with E-state index in [-0.39, 0.29) is 23.4 Å². The van der Waals surface area contributed by atoms with E-state index in [4.69, 9.17) is 9.47 Å². The van der Waals surface area contributed by atoms with Crippen molar-refractivity contribution < 1.29 is 31.5 Å². The molecule has 6 nitrogen and oxygen atoms in total. The molecular formula is C19H21F2NO5S. The number of rotatable bonds is 9. The van der Waals surface area contributed by atoms with Crippen LogP contribution in [0.3, 0.4) is 0 Å². The van der Waals surface area contributed by atoms with E-state index in [2.05, 4.69) is 4.72 Å². The number of benzene rings is 2. The van der Waals surface area contributed by atoms with Gasteiger partial charge in [-0.2, -0.15) is 0 Å². The topological polar surface area (TPSA) is 81.7 Å². The number of nitrogens with one attached hydrogen (secondary N) is 1. The molecule has 0 saturated carbocycles. The number of ether oxygens (including phenoxy) is 2. The third kappa shape index (κ3) is 6.00. The lowest BCUT2D eigenvalue weighted by Crippen LogP contribution is -2.27. The molecule has 0 aromatic heterocycles. The summed E-state index contributed by atoms with van der Waals surface area (Å²) in [4.78, 5) is 11.9. The summed E-state index contributed by atoms with van der Waals surface area (Å²) >= 11 is 0. The minimum atomic E-state index is -3.79. The maximum absolute atomic E-state index is 13.7. The molecule has 0 radical (unpaired) electrons. The highest BCUT2D eigenvalue weighted by Crippen LogP contribution is 2.21. The van der Waals surface area contributed by atoms with Crippen LogP contribution in [-0.2, 0) is 19.6 Å². The van der Waals surface area contributed by atoms with Gasteiger partial charge < -0.3 is 9.47 Å². The van der Waals surface area contributed by atoms with Crippen LogP contribution in [0.4, 0.5) is 8.78 Å². The fourth-order valence-corrected chi connectivity index (χ4v) is 3.44. The lowest BCUT2D eigenvalue weighted by atomic mass is 10.1. The van der Waals surface area contributed by atoms with Crippen molar-refractivity contribution >= 4 is 16.0 Å². The van der Waals surface area contributed by atoms with E-state index in [0.29, 0.717) is 18.4 Å². The highest BCUT2D eigenvalue weighted by Gasteiger charge is 2.18. The summed E-state index contributed by atoms with van der Waals surface area (Å²) in [5, 5.41) is 0. The first-order valence-corrected chi connectivity index (χ1v) is 10.1. The van der Waals surface area contributed by atoms with Gasteiger partial charge in [0.1, 0.15) is 23.5 Å². The molecule has 0 aliphatic heterocycles. The van der Waals surface area contributed by atoms with Crippen LogP contribution in [0, 0.1) is 11.6 Å². The van der Waals surface area contributed by atoms with Crippen LogP contribution in [0.15, 0.2) is 47.4 Å². The molecule has 9 heteroatoms. The Bertz CT molecular complexity index is 916. The van der Waals surface area contributed by atoms with E-state index in [1.54, 1.807) is 0 Å². The highest BCUT2D eigenvalue weighted by atomic mass is 32.2. The quantitative estimate of drug-likeness (QED) is 0.638. The van der Waals surface area contributed by atoms with E-state index in [1.165, 1.54) is 37.3 Å². The zero-order valence-electron chi connectivity index (χ0n) is 15.4. The van der Waals surface area contributed by atoms with Crippen LogP contribution in [0.1, 0.15) is 31.9 Å². The molecule has 0 amide bonds. The monoisotopic (exact) mass is 413 g/mol. The van der Waals surface area contributed by atoms with Gasteiger partial charge in [-0.15, -0.1) is 0 Å². The number of carbonyl (C=O) groups is 1. The van der Waals surface area contributed by atoms with Crippen molar-refractivity contribution in [3.63, 3.8) is 0 Å². The van der Waals surface area contributed by atoms with Gasteiger partial charge >= 0.3 is 5.97 Å². The second-order valence-corrected chi connectivity index (χ2v) is 7.62. The lowest BCUT2D eigenvalue weighted by Gasteiger charge is -2.14. The molecule has 0 fully saturated rings. The zero-order valence-corrected chi connectivity index (χ0v) is 16.3. The average Bonchev–Trinajstić information content (AvgIpc) is 2.62. The van der Waals surface area contributed by atoms with Gasteiger partial charge in [0.15, 0.2) is 0 Å². The molecule has 2 aromatic carbocycles. The van der Waals surface area contributed by atoms with E-state index in [9.17, 15) is 22.0 Å². The van der Waals surface area contributed by atoms with E-state index < -0.39 is 33.7 Å². The molecule has 1 atom stereocenters. The summed E-state index contributed by atoms with van der Waals surface area (Å²) in [5.41, 5.74) is 0.0321. The molecule has 0 bridgehead atoms. The molecule has 0 heterocycles. The molecule has 152 valence electrons. The number of esters is 1. The standard InChI is InChI=1S/C19H21F2NO5S/c1-3-26-15-5-7-16(8-6-15)28(24,25)22-11-10-19(23)27-13(2)17-9-4-14(20)12-18(17)21/h4-9,12-13,22H,3,10-11H2,1-2H3. The maximum Gasteiger partial charge on any atom is 0.307 e. The van der Waals surface area contributed by atoms with Gasteiger partial charge in [-0.1, -0.05) is 0 Å². The lowest BCUT2D eigenvalue weighted by molar-refractivity contribution is -0.148. The normalized spacial score (nSPS) is 12.4. The van der Waals surface area contributed by atoms with Crippen LogP contribution in [0.2, 0.25) is 0 Å². The highest BCUT2D eigenvalue weighted by molar-refractivity contribution is 7.89. The third-order valence-corrected chi connectivity index (χ3v) is 5.25. The third-order valence-electron chi connectivity index (χ3n) is 3.77.